The van der Waals surface area contributed by atoms with Gasteiger partial charge in [-0.1, -0.05) is 0 Å². The topological polar surface area (TPSA) is 61.8 Å². The Morgan fingerprint density at radius 3 is 2.44 bits per heavy atom. The van der Waals surface area contributed by atoms with Crippen molar-refractivity contribution in [3.8, 4) is 0 Å². The Balaban J connectivity index is 2.40. The van der Waals surface area contributed by atoms with E-state index in [0.717, 1.165) is 12.8 Å². The van der Waals surface area contributed by atoms with Crippen molar-refractivity contribution in [2.75, 3.05) is 26.4 Å². The lowest BCUT2D eigenvalue weighted by Gasteiger charge is -2.25. The summed E-state index contributed by atoms with van der Waals surface area (Å²) in [5.41, 5.74) is -1.14. The van der Waals surface area contributed by atoms with Gasteiger partial charge in [0.15, 0.2) is 5.78 Å². The van der Waals surface area contributed by atoms with Crippen LogP contribution in [0.1, 0.15) is 33.6 Å². The van der Waals surface area contributed by atoms with Gasteiger partial charge in [-0.05, 0) is 33.6 Å². The van der Waals surface area contributed by atoms with Crippen molar-refractivity contribution >= 4 is 11.8 Å². The second-order valence-corrected chi connectivity index (χ2v) is 4.89. The summed E-state index contributed by atoms with van der Waals surface area (Å²) in [6.45, 7) is 6.42. The van der Waals surface area contributed by atoms with Crippen LogP contribution in [-0.2, 0) is 23.8 Å². The predicted molar refractivity (Wildman–Crippen MR) is 65.2 cm³/mol. The molecule has 1 heterocycles. The van der Waals surface area contributed by atoms with Gasteiger partial charge in [0.1, 0.15) is 12.0 Å². The Morgan fingerprint density at radius 1 is 1.28 bits per heavy atom. The fourth-order valence-corrected chi connectivity index (χ4v) is 1.64. The molecule has 1 aliphatic rings. The smallest absolute Gasteiger partial charge is 0.319 e. The fraction of sp³-hybridized carbons (Fsp3) is 0.846. The van der Waals surface area contributed by atoms with Crippen molar-refractivity contribution in [3.63, 3.8) is 0 Å². The summed E-state index contributed by atoms with van der Waals surface area (Å²) < 4.78 is 15.6. The van der Waals surface area contributed by atoms with Crippen LogP contribution in [0.2, 0.25) is 0 Å². The standard InChI is InChI=1S/C13H22O5/c1-4-17-12(15)13(2,3)11(14)9-18-10-5-7-16-8-6-10/h10H,4-9H2,1-3H3. The molecule has 0 spiro atoms. The van der Waals surface area contributed by atoms with Gasteiger partial charge in [-0.3, -0.25) is 9.59 Å². The first-order valence-electron chi connectivity index (χ1n) is 6.38. The fourth-order valence-electron chi connectivity index (χ4n) is 1.64. The monoisotopic (exact) mass is 258 g/mol. The van der Waals surface area contributed by atoms with Crippen LogP contribution in [0.5, 0.6) is 0 Å². The highest BCUT2D eigenvalue weighted by molar-refractivity contribution is 6.03. The molecule has 0 radical (unpaired) electrons. The lowest BCUT2D eigenvalue weighted by molar-refractivity contribution is -0.160. The van der Waals surface area contributed by atoms with E-state index in [-0.39, 0.29) is 25.1 Å². The Bertz CT molecular complexity index is 292. The molecular weight excluding hydrogens is 236 g/mol. The van der Waals surface area contributed by atoms with E-state index in [9.17, 15) is 9.59 Å². The Labute approximate surface area is 108 Å². The van der Waals surface area contributed by atoms with E-state index in [1.165, 1.54) is 0 Å². The first-order valence-corrected chi connectivity index (χ1v) is 6.38. The van der Waals surface area contributed by atoms with Gasteiger partial charge in [-0.2, -0.15) is 0 Å². The molecule has 0 aromatic carbocycles. The summed E-state index contributed by atoms with van der Waals surface area (Å²) >= 11 is 0. The molecule has 1 fully saturated rings. The Hall–Kier alpha value is -0.940. The van der Waals surface area contributed by atoms with Gasteiger partial charge in [-0.15, -0.1) is 0 Å². The zero-order valence-electron chi connectivity index (χ0n) is 11.4. The van der Waals surface area contributed by atoms with Gasteiger partial charge >= 0.3 is 5.97 Å². The van der Waals surface area contributed by atoms with E-state index >= 15 is 0 Å². The molecule has 0 amide bonds. The molecule has 0 saturated carbocycles. The van der Waals surface area contributed by atoms with Crippen molar-refractivity contribution in [1.82, 2.24) is 0 Å². The van der Waals surface area contributed by atoms with Gasteiger partial charge in [0.05, 0.1) is 12.7 Å². The molecule has 104 valence electrons. The number of rotatable bonds is 6. The highest BCUT2D eigenvalue weighted by Gasteiger charge is 2.37. The maximum atomic E-state index is 12.0. The minimum atomic E-state index is -1.14. The number of Topliss-reactive ketones (excluding diaryl/α,β-unsaturated/α-hetero) is 1. The van der Waals surface area contributed by atoms with Crippen LogP contribution in [0.3, 0.4) is 0 Å². The van der Waals surface area contributed by atoms with E-state index in [2.05, 4.69) is 0 Å². The summed E-state index contributed by atoms with van der Waals surface area (Å²) in [6.07, 6.45) is 1.65. The SMILES string of the molecule is CCOC(=O)C(C)(C)C(=O)COC1CCOCC1. The second kappa shape index (κ2) is 6.85. The third-order valence-electron chi connectivity index (χ3n) is 3.10. The average Bonchev–Trinajstić information content (AvgIpc) is 2.37. The molecule has 18 heavy (non-hydrogen) atoms. The molecular formula is C13H22O5. The van der Waals surface area contributed by atoms with Gasteiger partial charge in [-0.25, -0.2) is 0 Å². The molecule has 0 atom stereocenters. The Kier molecular flexibility index (Phi) is 5.75. The largest absolute Gasteiger partial charge is 0.465 e. The van der Waals surface area contributed by atoms with Crippen LogP contribution >= 0.6 is 0 Å². The normalized spacial score (nSPS) is 17.5. The molecule has 0 aromatic rings. The number of esters is 1. The molecule has 1 rings (SSSR count). The van der Waals surface area contributed by atoms with Gasteiger partial charge in [0, 0.05) is 13.2 Å². The summed E-state index contributed by atoms with van der Waals surface area (Å²) in [4.78, 5) is 23.6. The zero-order chi connectivity index (χ0) is 13.6. The number of ether oxygens (including phenoxy) is 3. The minimum Gasteiger partial charge on any atom is -0.465 e. The molecule has 5 nitrogen and oxygen atoms in total. The highest BCUT2D eigenvalue weighted by atomic mass is 16.5. The van der Waals surface area contributed by atoms with E-state index in [1.807, 2.05) is 0 Å². The summed E-state index contributed by atoms with van der Waals surface area (Å²) in [5.74, 6) is -0.738. The van der Waals surface area contributed by atoms with Crippen molar-refractivity contribution < 1.29 is 23.8 Å². The van der Waals surface area contributed by atoms with Gasteiger partial charge in [0.25, 0.3) is 0 Å². The zero-order valence-corrected chi connectivity index (χ0v) is 11.4. The second-order valence-electron chi connectivity index (χ2n) is 4.89. The van der Waals surface area contributed by atoms with Crippen LogP contribution < -0.4 is 0 Å². The molecule has 1 saturated heterocycles. The first kappa shape index (κ1) is 15.1. The molecule has 0 N–H and O–H groups in total. The summed E-state index contributed by atoms with van der Waals surface area (Å²) in [7, 11) is 0. The van der Waals surface area contributed by atoms with E-state index < -0.39 is 11.4 Å². The lowest BCUT2D eigenvalue weighted by Crippen LogP contribution is -2.39. The molecule has 0 aromatic heterocycles. The predicted octanol–water partition coefficient (Wildman–Crippen LogP) is 1.34. The van der Waals surface area contributed by atoms with Crippen LogP contribution in [0.4, 0.5) is 0 Å². The quantitative estimate of drug-likeness (QED) is 0.531. The summed E-state index contributed by atoms with van der Waals surface area (Å²) in [5, 5.41) is 0. The average molecular weight is 258 g/mol. The maximum Gasteiger partial charge on any atom is 0.319 e. The summed E-state index contributed by atoms with van der Waals surface area (Å²) in [6, 6.07) is 0. The number of hydrogen-bond acceptors (Lipinski definition) is 5. The minimum absolute atomic E-state index is 0.0452. The van der Waals surface area contributed by atoms with Gasteiger partial charge in [0.2, 0.25) is 0 Å². The third-order valence-corrected chi connectivity index (χ3v) is 3.10. The van der Waals surface area contributed by atoms with Crippen molar-refractivity contribution in [2.45, 2.75) is 39.7 Å². The molecule has 0 unspecified atom stereocenters. The lowest BCUT2D eigenvalue weighted by atomic mass is 9.88. The maximum absolute atomic E-state index is 12.0. The van der Waals surface area contributed by atoms with Crippen LogP contribution in [-0.4, -0.2) is 44.3 Å². The molecule has 0 aliphatic carbocycles. The van der Waals surface area contributed by atoms with Crippen LogP contribution in [0, 0.1) is 5.41 Å². The van der Waals surface area contributed by atoms with Crippen molar-refractivity contribution in [2.24, 2.45) is 5.41 Å². The van der Waals surface area contributed by atoms with Crippen molar-refractivity contribution in [1.29, 1.82) is 0 Å². The number of carbonyl (C=O) groups excluding carboxylic acids is 2. The van der Waals surface area contributed by atoms with Crippen molar-refractivity contribution in [3.05, 3.63) is 0 Å². The Morgan fingerprint density at radius 2 is 1.89 bits per heavy atom. The first-order chi connectivity index (χ1) is 8.48. The third kappa shape index (κ3) is 4.07. The molecule has 5 heteroatoms. The number of carbonyl (C=O) groups is 2. The van der Waals surface area contributed by atoms with E-state index in [1.54, 1.807) is 20.8 Å². The van der Waals surface area contributed by atoms with Crippen LogP contribution in [0.15, 0.2) is 0 Å². The molecule has 0 bridgehead atoms. The van der Waals surface area contributed by atoms with Crippen LogP contribution in [0.25, 0.3) is 0 Å². The number of hydrogen-bond donors (Lipinski definition) is 0. The van der Waals surface area contributed by atoms with Gasteiger partial charge < -0.3 is 14.2 Å². The van der Waals surface area contributed by atoms with E-state index in [0.29, 0.717) is 13.2 Å². The highest BCUT2D eigenvalue weighted by Crippen LogP contribution is 2.20. The number of ketones is 1. The molecule has 1 aliphatic heterocycles. The van der Waals surface area contributed by atoms with E-state index in [4.69, 9.17) is 14.2 Å².